The summed E-state index contributed by atoms with van der Waals surface area (Å²) in [4.78, 5) is 4.36. The average molecular weight is 700 g/mol. The predicted molar refractivity (Wildman–Crippen MR) is 214 cm³/mol. The number of ether oxygens (including phenoxy) is 1. The SMILES string of the molecule is CN=C(/C=C/c1c(C)n(CCSSCCn2c(C)c(/C=C/c3oc4ccccc4[n+]3C)c3c2CCC=C3)c2ccccc12)Oc1ccccc1. The van der Waals surface area contributed by atoms with Crippen molar-refractivity contribution in [2.24, 2.45) is 12.0 Å². The van der Waals surface area contributed by atoms with Gasteiger partial charge in [-0.05, 0) is 63.1 Å². The maximum Gasteiger partial charge on any atom is 0.373 e. The molecular weight excluding hydrogens is 657 g/mol. The monoisotopic (exact) mass is 699 g/mol. The summed E-state index contributed by atoms with van der Waals surface area (Å²) in [6.45, 7) is 6.42. The van der Waals surface area contributed by atoms with E-state index in [-0.39, 0.29) is 0 Å². The molecular formula is C42H43N4O2S2+. The Morgan fingerprint density at radius 2 is 1.58 bits per heavy atom. The number of allylic oxidation sites excluding steroid dienone is 1. The first-order chi connectivity index (χ1) is 24.5. The molecule has 8 heteroatoms. The number of aryl methyl sites for hydroxylation is 2. The summed E-state index contributed by atoms with van der Waals surface area (Å²) in [5, 5.41) is 1.25. The van der Waals surface area contributed by atoms with Gasteiger partial charge in [0.1, 0.15) is 12.8 Å². The van der Waals surface area contributed by atoms with Gasteiger partial charge in [-0.15, -0.1) is 0 Å². The molecule has 0 unspecified atom stereocenters. The van der Waals surface area contributed by atoms with Gasteiger partial charge in [0.25, 0.3) is 5.52 Å². The maximum atomic E-state index is 6.15. The van der Waals surface area contributed by atoms with E-state index in [2.05, 4.69) is 100 Å². The highest BCUT2D eigenvalue weighted by atomic mass is 33.1. The average Bonchev–Trinajstić information content (AvgIpc) is 3.72. The van der Waals surface area contributed by atoms with E-state index in [1.807, 2.05) is 76.2 Å². The van der Waals surface area contributed by atoms with Gasteiger partial charge in [0.15, 0.2) is 0 Å². The minimum Gasteiger partial charge on any atom is -0.439 e. The summed E-state index contributed by atoms with van der Waals surface area (Å²) in [6.07, 6.45) is 15.2. The van der Waals surface area contributed by atoms with Crippen molar-refractivity contribution in [2.45, 2.75) is 39.8 Å². The molecule has 0 saturated carbocycles. The molecule has 50 heavy (non-hydrogen) atoms. The number of para-hydroxylation sites is 4. The van der Waals surface area contributed by atoms with Crippen molar-refractivity contribution in [1.82, 2.24) is 9.13 Å². The number of aliphatic imine (C=N–C) groups is 1. The summed E-state index contributed by atoms with van der Waals surface area (Å²) in [5.74, 6) is 4.29. The van der Waals surface area contributed by atoms with Gasteiger partial charge < -0.3 is 18.3 Å². The molecule has 6 aromatic rings. The van der Waals surface area contributed by atoms with Crippen LogP contribution in [0.5, 0.6) is 5.75 Å². The third-order valence-corrected chi connectivity index (χ3v) is 11.8. The Kier molecular flexibility index (Phi) is 10.5. The first kappa shape index (κ1) is 33.8. The second-order valence-electron chi connectivity index (χ2n) is 12.4. The fourth-order valence-corrected chi connectivity index (χ4v) is 8.81. The van der Waals surface area contributed by atoms with E-state index in [0.29, 0.717) is 5.90 Å². The summed E-state index contributed by atoms with van der Waals surface area (Å²) < 4.78 is 19.3. The largest absolute Gasteiger partial charge is 0.439 e. The molecule has 1 aliphatic rings. The third-order valence-electron chi connectivity index (χ3n) is 9.46. The lowest BCUT2D eigenvalue weighted by atomic mass is 10.0. The summed E-state index contributed by atoms with van der Waals surface area (Å²) >= 11 is 0. The number of hydrogen-bond donors (Lipinski definition) is 0. The summed E-state index contributed by atoms with van der Waals surface area (Å²) in [5.41, 5.74) is 11.1. The fraction of sp³-hybridized carbons (Fsp3) is 0.238. The second kappa shape index (κ2) is 15.5. The van der Waals surface area contributed by atoms with Gasteiger partial charge in [0.05, 0.1) is 6.08 Å². The molecule has 0 fully saturated rings. The zero-order valence-electron chi connectivity index (χ0n) is 29.1. The van der Waals surface area contributed by atoms with Crippen LogP contribution in [-0.4, -0.2) is 33.6 Å². The normalized spacial score (nSPS) is 13.4. The smallest absolute Gasteiger partial charge is 0.373 e. The lowest BCUT2D eigenvalue weighted by Gasteiger charge is -2.13. The summed E-state index contributed by atoms with van der Waals surface area (Å²) in [7, 11) is 7.75. The zero-order chi connectivity index (χ0) is 34.5. The zero-order valence-corrected chi connectivity index (χ0v) is 30.8. The van der Waals surface area contributed by atoms with Crippen molar-refractivity contribution in [3.8, 4) is 5.75 Å². The van der Waals surface area contributed by atoms with Gasteiger partial charge in [0, 0.05) is 88.5 Å². The van der Waals surface area contributed by atoms with Gasteiger partial charge in [-0.3, -0.25) is 4.99 Å². The van der Waals surface area contributed by atoms with E-state index in [1.54, 1.807) is 7.05 Å². The van der Waals surface area contributed by atoms with Crippen LogP contribution in [0.4, 0.5) is 0 Å². The molecule has 3 aromatic carbocycles. The van der Waals surface area contributed by atoms with Crippen LogP contribution in [0.25, 0.3) is 46.3 Å². The Morgan fingerprint density at radius 3 is 2.38 bits per heavy atom. The first-order valence-electron chi connectivity index (χ1n) is 17.2. The number of oxazole rings is 1. The van der Waals surface area contributed by atoms with E-state index in [4.69, 9.17) is 9.15 Å². The van der Waals surface area contributed by atoms with Crippen molar-refractivity contribution < 1.29 is 13.7 Å². The van der Waals surface area contributed by atoms with E-state index >= 15 is 0 Å². The Morgan fingerprint density at radius 1 is 0.860 bits per heavy atom. The highest BCUT2D eigenvalue weighted by Gasteiger charge is 2.21. The number of fused-ring (bicyclic) bond motifs is 3. The van der Waals surface area contributed by atoms with E-state index in [9.17, 15) is 0 Å². The molecule has 0 saturated heterocycles. The van der Waals surface area contributed by atoms with Crippen molar-refractivity contribution in [2.75, 3.05) is 18.6 Å². The minimum absolute atomic E-state index is 0.582. The molecule has 0 aliphatic heterocycles. The first-order valence-corrected chi connectivity index (χ1v) is 19.7. The number of nitrogens with zero attached hydrogens (tertiary/aromatic N) is 4. The van der Waals surface area contributed by atoms with Crippen LogP contribution >= 0.6 is 21.6 Å². The van der Waals surface area contributed by atoms with Gasteiger partial charge in [0.2, 0.25) is 11.5 Å². The lowest BCUT2D eigenvalue weighted by molar-refractivity contribution is -0.651. The van der Waals surface area contributed by atoms with Crippen LogP contribution in [-0.2, 0) is 26.6 Å². The molecule has 3 aromatic heterocycles. The molecule has 0 atom stereocenters. The van der Waals surface area contributed by atoms with Gasteiger partial charge in [-0.1, -0.05) is 82.3 Å². The molecule has 0 bridgehead atoms. The molecule has 1 aliphatic carbocycles. The quantitative estimate of drug-likeness (QED) is 0.0420. The summed E-state index contributed by atoms with van der Waals surface area (Å²) in [6, 6.07) is 26.6. The molecule has 0 radical (unpaired) electrons. The Balaban J connectivity index is 0.991. The molecule has 3 heterocycles. The third kappa shape index (κ3) is 7.00. The number of aromatic nitrogens is 3. The van der Waals surface area contributed by atoms with Crippen LogP contribution < -0.4 is 9.30 Å². The van der Waals surface area contributed by atoms with Crippen LogP contribution in [0.1, 0.15) is 46.1 Å². The van der Waals surface area contributed by atoms with Crippen LogP contribution in [0.2, 0.25) is 0 Å². The fourth-order valence-electron chi connectivity index (χ4n) is 6.90. The van der Waals surface area contributed by atoms with E-state index < -0.39 is 0 Å². The number of rotatable bonds is 12. The lowest BCUT2D eigenvalue weighted by Crippen LogP contribution is -2.29. The highest BCUT2D eigenvalue weighted by Crippen LogP contribution is 2.33. The molecule has 254 valence electrons. The molecule has 0 amide bonds. The Hall–Kier alpha value is -4.66. The Labute approximate surface area is 302 Å². The second-order valence-corrected chi connectivity index (χ2v) is 15.1. The van der Waals surface area contributed by atoms with E-state index in [0.717, 1.165) is 60.2 Å². The van der Waals surface area contributed by atoms with Crippen LogP contribution in [0.3, 0.4) is 0 Å². The molecule has 7 rings (SSSR count). The van der Waals surface area contributed by atoms with Crippen LogP contribution in [0.15, 0.2) is 100 Å². The van der Waals surface area contributed by atoms with Gasteiger partial charge in [-0.2, -0.15) is 4.57 Å². The number of benzene rings is 3. The number of hydrogen-bond acceptors (Lipinski definition) is 5. The van der Waals surface area contributed by atoms with Crippen molar-refractivity contribution >= 4 is 73.8 Å². The van der Waals surface area contributed by atoms with E-state index in [1.165, 1.54) is 44.7 Å². The Bertz CT molecular complexity index is 2250. The maximum absolute atomic E-state index is 6.15. The van der Waals surface area contributed by atoms with Crippen LogP contribution in [0, 0.1) is 13.8 Å². The highest BCUT2D eigenvalue weighted by molar-refractivity contribution is 8.76. The topological polar surface area (TPSA) is 48.5 Å². The molecule has 6 nitrogen and oxygen atoms in total. The standard InChI is InChI=1S/C42H43N4O2S2/c1-30-33(22-24-41(43-3)47-32-14-6-5-7-15-32)35-16-8-10-18-37(35)45(30)26-28-49-50-29-27-46-31(2)34(36-17-9-11-19-38(36)46)23-25-42-44(4)39-20-12-13-21-40(39)48-42/h5-10,12-18,20-25H,11,19,26-29H2,1-4H3/q+1/b24-22+,43-41?. The van der Waals surface area contributed by atoms with Gasteiger partial charge in [-0.25, -0.2) is 0 Å². The van der Waals surface area contributed by atoms with Crippen molar-refractivity contribution in [3.63, 3.8) is 0 Å². The predicted octanol–water partition coefficient (Wildman–Crippen LogP) is 9.96. The van der Waals surface area contributed by atoms with Gasteiger partial charge >= 0.3 is 5.89 Å². The molecule has 0 N–H and O–H groups in total. The van der Waals surface area contributed by atoms with Crippen molar-refractivity contribution in [3.05, 3.63) is 131 Å². The molecule has 0 spiro atoms. The minimum atomic E-state index is 0.582. The van der Waals surface area contributed by atoms with Crippen molar-refractivity contribution in [1.29, 1.82) is 0 Å².